The molecule has 0 aliphatic carbocycles. The number of anilines is 1. The summed E-state index contributed by atoms with van der Waals surface area (Å²) in [5.74, 6) is 0.476. The SMILES string of the molecule is CCCC(O)CNc1nc(OC)ncc1Cl. The first-order valence-electron chi connectivity index (χ1n) is 5.15. The van der Waals surface area contributed by atoms with Crippen LogP contribution in [0.5, 0.6) is 6.01 Å². The van der Waals surface area contributed by atoms with E-state index in [0.717, 1.165) is 12.8 Å². The minimum atomic E-state index is -0.401. The van der Waals surface area contributed by atoms with E-state index >= 15 is 0 Å². The molecule has 16 heavy (non-hydrogen) atoms. The fraction of sp³-hybridized carbons (Fsp3) is 0.600. The first kappa shape index (κ1) is 13.0. The number of aliphatic hydroxyl groups excluding tert-OH is 1. The van der Waals surface area contributed by atoms with E-state index in [-0.39, 0.29) is 6.01 Å². The highest BCUT2D eigenvalue weighted by atomic mass is 35.5. The number of methoxy groups -OCH3 is 1. The van der Waals surface area contributed by atoms with E-state index < -0.39 is 6.10 Å². The van der Waals surface area contributed by atoms with Crippen LogP contribution in [0.4, 0.5) is 5.82 Å². The molecule has 1 aromatic rings. The van der Waals surface area contributed by atoms with Gasteiger partial charge >= 0.3 is 6.01 Å². The molecule has 0 saturated carbocycles. The summed E-state index contributed by atoms with van der Waals surface area (Å²) in [5.41, 5.74) is 0. The molecule has 0 aromatic carbocycles. The second kappa shape index (κ2) is 6.50. The van der Waals surface area contributed by atoms with Crippen LogP contribution in [0.15, 0.2) is 6.20 Å². The van der Waals surface area contributed by atoms with Crippen molar-refractivity contribution in [1.82, 2.24) is 9.97 Å². The highest BCUT2D eigenvalue weighted by Crippen LogP contribution is 2.20. The summed E-state index contributed by atoms with van der Waals surface area (Å²) < 4.78 is 4.88. The molecular formula is C10H16ClN3O2. The molecule has 0 aliphatic rings. The van der Waals surface area contributed by atoms with Crippen molar-refractivity contribution in [3.63, 3.8) is 0 Å². The Bertz CT molecular complexity index is 336. The van der Waals surface area contributed by atoms with Crippen LogP contribution in [0, 0.1) is 0 Å². The van der Waals surface area contributed by atoms with Crippen LogP contribution >= 0.6 is 11.6 Å². The molecule has 0 bridgehead atoms. The molecule has 1 aromatic heterocycles. The van der Waals surface area contributed by atoms with E-state index in [1.807, 2.05) is 6.92 Å². The lowest BCUT2D eigenvalue weighted by Crippen LogP contribution is -2.19. The smallest absolute Gasteiger partial charge is 0.318 e. The quantitative estimate of drug-likeness (QED) is 0.799. The molecule has 0 fully saturated rings. The number of nitrogens with one attached hydrogen (secondary N) is 1. The average Bonchev–Trinajstić information content (AvgIpc) is 2.28. The third-order valence-corrected chi connectivity index (χ3v) is 2.31. The fourth-order valence-corrected chi connectivity index (χ4v) is 1.38. The second-order valence-electron chi connectivity index (χ2n) is 3.38. The Hall–Kier alpha value is -1.07. The molecule has 0 radical (unpaired) electrons. The van der Waals surface area contributed by atoms with Gasteiger partial charge in [-0.1, -0.05) is 24.9 Å². The van der Waals surface area contributed by atoms with E-state index in [1.54, 1.807) is 0 Å². The van der Waals surface area contributed by atoms with E-state index in [9.17, 15) is 5.11 Å². The number of aromatic nitrogens is 2. The normalized spacial score (nSPS) is 12.2. The van der Waals surface area contributed by atoms with Crippen LogP contribution in [0.2, 0.25) is 5.02 Å². The number of nitrogens with zero attached hydrogens (tertiary/aromatic N) is 2. The van der Waals surface area contributed by atoms with Gasteiger partial charge in [0.05, 0.1) is 19.4 Å². The van der Waals surface area contributed by atoms with Crippen LogP contribution in [-0.4, -0.2) is 34.8 Å². The molecule has 1 atom stereocenters. The van der Waals surface area contributed by atoms with Crippen molar-refractivity contribution >= 4 is 17.4 Å². The van der Waals surface area contributed by atoms with Crippen LogP contribution in [-0.2, 0) is 0 Å². The zero-order valence-electron chi connectivity index (χ0n) is 9.40. The maximum atomic E-state index is 9.55. The predicted octanol–water partition coefficient (Wildman–Crippen LogP) is 1.71. The Morgan fingerprint density at radius 3 is 3.00 bits per heavy atom. The molecule has 0 aliphatic heterocycles. The lowest BCUT2D eigenvalue weighted by atomic mass is 10.2. The molecule has 90 valence electrons. The Balaban J connectivity index is 2.58. The maximum absolute atomic E-state index is 9.55. The average molecular weight is 246 g/mol. The summed E-state index contributed by atoms with van der Waals surface area (Å²) in [6.07, 6.45) is 2.74. The van der Waals surface area contributed by atoms with E-state index in [0.29, 0.717) is 17.4 Å². The first-order valence-corrected chi connectivity index (χ1v) is 5.53. The van der Waals surface area contributed by atoms with Crippen molar-refractivity contribution in [2.45, 2.75) is 25.9 Å². The van der Waals surface area contributed by atoms with Gasteiger partial charge in [-0.05, 0) is 6.42 Å². The Labute approximate surface area is 99.8 Å². The number of ether oxygens (including phenoxy) is 1. The topological polar surface area (TPSA) is 67.3 Å². The molecule has 1 heterocycles. The van der Waals surface area contributed by atoms with Crippen molar-refractivity contribution in [1.29, 1.82) is 0 Å². The summed E-state index contributed by atoms with van der Waals surface area (Å²) in [6.45, 7) is 2.43. The standard InChI is InChI=1S/C10H16ClN3O2/c1-3-4-7(15)5-12-9-8(11)6-13-10(14-9)16-2/h6-7,15H,3-5H2,1-2H3,(H,12,13,14). The van der Waals surface area contributed by atoms with Crippen molar-refractivity contribution in [2.75, 3.05) is 19.0 Å². The number of halogens is 1. The van der Waals surface area contributed by atoms with Gasteiger partial charge in [-0.2, -0.15) is 4.98 Å². The van der Waals surface area contributed by atoms with Crippen molar-refractivity contribution in [3.05, 3.63) is 11.2 Å². The van der Waals surface area contributed by atoms with E-state index in [2.05, 4.69) is 15.3 Å². The second-order valence-corrected chi connectivity index (χ2v) is 3.78. The molecule has 2 N–H and O–H groups in total. The molecule has 1 unspecified atom stereocenters. The fourth-order valence-electron chi connectivity index (χ4n) is 1.22. The van der Waals surface area contributed by atoms with Crippen molar-refractivity contribution in [3.8, 4) is 6.01 Å². The van der Waals surface area contributed by atoms with Gasteiger partial charge in [0, 0.05) is 6.54 Å². The van der Waals surface area contributed by atoms with Crippen LogP contribution in [0.1, 0.15) is 19.8 Å². The summed E-state index contributed by atoms with van der Waals surface area (Å²) in [7, 11) is 1.49. The van der Waals surface area contributed by atoms with Gasteiger partial charge < -0.3 is 15.2 Å². The molecule has 1 rings (SSSR count). The Morgan fingerprint density at radius 2 is 2.38 bits per heavy atom. The van der Waals surface area contributed by atoms with Crippen LogP contribution < -0.4 is 10.1 Å². The number of rotatable bonds is 6. The highest BCUT2D eigenvalue weighted by Gasteiger charge is 2.07. The monoisotopic (exact) mass is 245 g/mol. The minimum Gasteiger partial charge on any atom is -0.467 e. The summed E-state index contributed by atoms with van der Waals surface area (Å²) in [6, 6.07) is 0.247. The maximum Gasteiger partial charge on any atom is 0.318 e. The van der Waals surface area contributed by atoms with Crippen molar-refractivity contribution < 1.29 is 9.84 Å². The van der Waals surface area contributed by atoms with Gasteiger partial charge in [-0.25, -0.2) is 4.98 Å². The number of hydrogen-bond acceptors (Lipinski definition) is 5. The first-order chi connectivity index (χ1) is 7.67. The summed E-state index contributed by atoms with van der Waals surface area (Å²) >= 11 is 5.89. The predicted molar refractivity (Wildman–Crippen MR) is 63.0 cm³/mol. The van der Waals surface area contributed by atoms with Gasteiger partial charge in [0.25, 0.3) is 0 Å². The Kier molecular flexibility index (Phi) is 5.28. The van der Waals surface area contributed by atoms with Gasteiger partial charge in [0.2, 0.25) is 0 Å². The van der Waals surface area contributed by atoms with Crippen LogP contribution in [0.3, 0.4) is 0 Å². The zero-order valence-corrected chi connectivity index (χ0v) is 10.2. The van der Waals surface area contributed by atoms with E-state index in [1.165, 1.54) is 13.3 Å². The summed E-state index contributed by atoms with van der Waals surface area (Å²) in [4.78, 5) is 7.89. The third kappa shape index (κ3) is 3.83. The zero-order chi connectivity index (χ0) is 12.0. The largest absolute Gasteiger partial charge is 0.467 e. The molecule has 5 nitrogen and oxygen atoms in total. The molecule has 0 amide bonds. The van der Waals surface area contributed by atoms with Gasteiger partial charge in [0.1, 0.15) is 5.02 Å². The lowest BCUT2D eigenvalue weighted by Gasteiger charge is -2.12. The molecule has 0 saturated heterocycles. The lowest BCUT2D eigenvalue weighted by molar-refractivity contribution is 0.176. The highest BCUT2D eigenvalue weighted by molar-refractivity contribution is 6.32. The minimum absolute atomic E-state index is 0.247. The molecular weight excluding hydrogens is 230 g/mol. The van der Waals surface area contributed by atoms with Gasteiger partial charge in [0.15, 0.2) is 5.82 Å². The number of hydrogen-bond donors (Lipinski definition) is 2. The Morgan fingerprint density at radius 1 is 1.62 bits per heavy atom. The van der Waals surface area contributed by atoms with Crippen LogP contribution in [0.25, 0.3) is 0 Å². The third-order valence-electron chi connectivity index (χ3n) is 2.03. The molecule has 0 spiro atoms. The van der Waals surface area contributed by atoms with Crippen molar-refractivity contribution in [2.24, 2.45) is 0 Å². The molecule has 6 heteroatoms. The van der Waals surface area contributed by atoms with Gasteiger partial charge in [-0.3, -0.25) is 0 Å². The summed E-state index contributed by atoms with van der Waals surface area (Å²) in [5, 5.41) is 12.9. The van der Waals surface area contributed by atoms with Gasteiger partial charge in [-0.15, -0.1) is 0 Å². The van der Waals surface area contributed by atoms with E-state index in [4.69, 9.17) is 16.3 Å². The number of aliphatic hydroxyl groups is 1.